The van der Waals surface area contributed by atoms with E-state index in [0.717, 1.165) is 5.69 Å². The standard InChI is InChI=1S/C15H14BrFN2O/c1-11(20)19(10-14-4-2-3-7-18-14)9-12-5-6-13(16)8-15(12)17/h2-8H,9-10H2,1H3. The number of amides is 1. The number of carbonyl (C=O) groups is 1. The van der Waals surface area contributed by atoms with E-state index in [2.05, 4.69) is 20.9 Å². The van der Waals surface area contributed by atoms with E-state index < -0.39 is 0 Å². The van der Waals surface area contributed by atoms with E-state index in [4.69, 9.17) is 0 Å². The normalized spacial score (nSPS) is 10.3. The summed E-state index contributed by atoms with van der Waals surface area (Å²) >= 11 is 3.21. The van der Waals surface area contributed by atoms with Crippen LogP contribution in [0.4, 0.5) is 4.39 Å². The molecule has 20 heavy (non-hydrogen) atoms. The molecule has 1 amide bonds. The Bertz CT molecular complexity index is 604. The third-order valence-electron chi connectivity index (χ3n) is 2.90. The average molecular weight is 337 g/mol. The van der Waals surface area contributed by atoms with Crippen molar-refractivity contribution in [1.29, 1.82) is 0 Å². The maximum atomic E-state index is 13.8. The lowest BCUT2D eigenvalue weighted by atomic mass is 10.2. The number of carbonyl (C=O) groups excluding carboxylic acids is 1. The first-order valence-corrected chi connectivity index (χ1v) is 6.95. The highest BCUT2D eigenvalue weighted by molar-refractivity contribution is 9.10. The van der Waals surface area contributed by atoms with Crippen LogP contribution in [0, 0.1) is 5.82 Å². The molecule has 0 fully saturated rings. The van der Waals surface area contributed by atoms with E-state index in [1.165, 1.54) is 13.0 Å². The van der Waals surface area contributed by atoms with Gasteiger partial charge in [0.1, 0.15) is 5.82 Å². The van der Waals surface area contributed by atoms with Crippen LogP contribution < -0.4 is 0 Å². The molecule has 0 atom stereocenters. The van der Waals surface area contributed by atoms with Crippen molar-refractivity contribution in [2.24, 2.45) is 0 Å². The Labute approximate surface area is 125 Å². The molecule has 0 N–H and O–H groups in total. The zero-order valence-electron chi connectivity index (χ0n) is 11.0. The Morgan fingerprint density at radius 1 is 1.30 bits per heavy atom. The summed E-state index contributed by atoms with van der Waals surface area (Å²) in [6, 6.07) is 10.4. The van der Waals surface area contributed by atoms with Crippen LogP contribution in [0.1, 0.15) is 18.2 Å². The molecule has 3 nitrogen and oxygen atoms in total. The number of hydrogen-bond donors (Lipinski definition) is 0. The Hall–Kier alpha value is -1.75. The number of pyridine rings is 1. The molecule has 1 heterocycles. The Kier molecular flexibility index (Phi) is 4.84. The molecule has 0 unspecified atom stereocenters. The molecule has 5 heteroatoms. The minimum atomic E-state index is -0.327. The third-order valence-corrected chi connectivity index (χ3v) is 3.39. The quantitative estimate of drug-likeness (QED) is 0.855. The first kappa shape index (κ1) is 14.7. The predicted molar refractivity (Wildman–Crippen MR) is 78.3 cm³/mol. The van der Waals surface area contributed by atoms with E-state index >= 15 is 0 Å². The fraction of sp³-hybridized carbons (Fsp3) is 0.200. The lowest BCUT2D eigenvalue weighted by Gasteiger charge is -2.21. The van der Waals surface area contributed by atoms with Crippen molar-refractivity contribution >= 4 is 21.8 Å². The minimum Gasteiger partial charge on any atom is -0.333 e. The van der Waals surface area contributed by atoms with Gasteiger partial charge in [-0.1, -0.05) is 28.1 Å². The molecule has 0 aliphatic carbocycles. The highest BCUT2D eigenvalue weighted by Crippen LogP contribution is 2.17. The topological polar surface area (TPSA) is 33.2 Å². The Morgan fingerprint density at radius 2 is 2.10 bits per heavy atom. The van der Waals surface area contributed by atoms with Crippen LogP contribution in [0.2, 0.25) is 0 Å². The summed E-state index contributed by atoms with van der Waals surface area (Å²) in [4.78, 5) is 17.4. The number of hydrogen-bond acceptors (Lipinski definition) is 2. The fourth-order valence-electron chi connectivity index (χ4n) is 1.82. The van der Waals surface area contributed by atoms with Crippen molar-refractivity contribution in [3.63, 3.8) is 0 Å². The van der Waals surface area contributed by atoms with Gasteiger partial charge in [-0.2, -0.15) is 0 Å². The molecule has 1 aromatic carbocycles. The molecule has 104 valence electrons. The number of nitrogens with zero attached hydrogens (tertiary/aromatic N) is 2. The van der Waals surface area contributed by atoms with Crippen molar-refractivity contribution < 1.29 is 9.18 Å². The molecular weight excluding hydrogens is 323 g/mol. The SMILES string of the molecule is CC(=O)N(Cc1ccccn1)Cc1ccc(Br)cc1F. The third kappa shape index (κ3) is 3.87. The monoisotopic (exact) mass is 336 g/mol. The van der Waals surface area contributed by atoms with Gasteiger partial charge in [0.25, 0.3) is 0 Å². The molecule has 2 rings (SSSR count). The molecule has 2 aromatic rings. The van der Waals surface area contributed by atoms with Crippen molar-refractivity contribution in [1.82, 2.24) is 9.88 Å². The molecule has 0 spiro atoms. The highest BCUT2D eigenvalue weighted by Gasteiger charge is 2.13. The first-order chi connectivity index (χ1) is 9.56. The van der Waals surface area contributed by atoms with Gasteiger partial charge in [0, 0.05) is 29.7 Å². The molecule has 0 bridgehead atoms. The highest BCUT2D eigenvalue weighted by atomic mass is 79.9. The molecule has 0 aliphatic heterocycles. The summed E-state index contributed by atoms with van der Waals surface area (Å²) in [7, 11) is 0. The second kappa shape index (κ2) is 6.61. The van der Waals surface area contributed by atoms with E-state index in [1.54, 1.807) is 23.2 Å². The van der Waals surface area contributed by atoms with Crippen LogP contribution in [-0.4, -0.2) is 15.8 Å². The first-order valence-electron chi connectivity index (χ1n) is 6.15. The molecular formula is C15H14BrFN2O. The summed E-state index contributed by atoms with van der Waals surface area (Å²) in [5.41, 5.74) is 1.26. The number of rotatable bonds is 4. The van der Waals surface area contributed by atoms with Crippen LogP contribution >= 0.6 is 15.9 Å². The van der Waals surface area contributed by atoms with Crippen LogP contribution in [0.15, 0.2) is 47.1 Å². The molecule has 0 radical (unpaired) electrons. The average Bonchev–Trinajstić information content (AvgIpc) is 2.42. The van der Waals surface area contributed by atoms with Crippen LogP contribution in [0.25, 0.3) is 0 Å². The van der Waals surface area contributed by atoms with Gasteiger partial charge >= 0.3 is 0 Å². The van der Waals surface area contributed by atoms with Gasteiger partial charge < -0.3 is 4.90 Å². The Morgan fingerprint density at radius 3 is 2.70 bits per heavy atom. The van der Waals surface area contributed by atoms with Gasteiger partial charge in [0.2, 0.25) is 5.91 Å². The summed E-state index contributed by atoms with van der Waals surface area (Å²) in [6.07, 6.45) is 1.67. The fourth-order valence-corrected chi connectivity index (χ4v) is 2.15. The van der Waals surface area contributed by atoms with Gasteiger partial charge in [0.15, 0.2) is 0 Å². The zero-order valence-corrected chi connectivity index (χ0v) is 12.6. The van der Waals surface area contributed by atoms with Gasteiger partial charge in [0.05, 0.1) is 12.2 Å². The van der Waals surface area contributed by atoms with Crippen LogP contribution in [0.5, 0.6) is 0 Å². The van der Waals surface area contributed by atoms with Gasteiger partial charge in [-0.05, 0) is 24.3 Å². The second-order valence-electron chi connectivity index (χ2n) is 4.43. The van der Waals surface area contributed by atoms with Crippen molar-refractivity contribution in [2.75, 3.05) is 0 Å². The lowest BCUT2D eigenvalue weighted by Crippen LogP contribution is -2.28. The molecule has 0 aliphatic rings. The van der Waals surface area contributed by atoms with Crippen molar-refractivity contribution in [3.05, 3.63) is 64.1 Å². The summed E-state index contributed by atoms with van der Waals surface area (Å²) in [5.74, 6) is -0.440. The smallest absolute Gasteiger partial charge is 0.220 e. The van der Waals surface area contributed by atoms with Crippen LogP contribution in [-0.2, 0) is 17.9 Å². The maximum Gasteiger partial charge on any atom is 0.220 e. The number of halogens is 2. The van der Waals surface area contributed by atoms with E-state index in [1.807, 2.05) is 18.2 Å². The second-order valence-corrected chi connectivity index (χ2v) is 5.35. The zero-order chi connectivity index (χ0) is 14.5. The lowest BCUT2D eigenvalue weighted by molar-refractivity contribution is -0.130. The maximum absolute atomic E-state index is 13.8. The summed E-state index contributed by atoms with van der Waals surface area (Å²) in [5, 5.41) is 0. The molecule has 1 aromatic heterocycles. The molecule has 0 saturated heterocycles. The Balaban J connectivity index is 2.15. The number of aromatic nitrogens is 1. The van der Waals surface area contributed by atoms with E-state index in [0.29, 0.717) is 16.6 Å². The van der Waals surface area contributed by atoms with E-state index in [9.17, 15) is 9.18 Å². The van der Waals surface area contributed by atoms with Gasteiger partial charge in [-0.15, -0.1) is 0 Å². The van der Waals surface area contributed by atoms with Crippen LogP contribution in [0.3, 0.4) is 0 Å². The van der Waals surface area contributed by atoms with Crippen molar-refractivity contribution in [3.8, 4) is 0 Å². The number of benzene rings is 1. The van der Waals surface area contributed by atoms with Crippen molar-refractivity contribution in [2.45, 2.75) is 20.0 Å². The molecule has 0 saturated carbocycles. The largest absolute Gasteiger partial charge is 0.333 e. The van der Waals surface area contributed by atoms with Gasteiger partial charge in [-0.25, -0.2) is 4.39 Å². The predicted octanol–water partition coefficient (Wildman–Crippen LogP) is 3.53. The minimum absolute atomic E-state index is 0.113. The van der Waals surface area contributed by atoms with Gasteiger partial charge in [-0.3, -0.25) is 9.78 Å². The van der Waals surface area contributed by atoms with E-state index in [-0.39, 0.29) is 18.3 Å². The summed E-state index contributed by atoms with van der Waals surface area (Å²) < 4.78 is 14.5. The summed E-state index contributed by atoms with van der Waals surface area (Å²) in [6.45, 7) is 2.07.